The van der Waals surface area contributed by atoms with Crippen LogP contribution in [0, 0.1) is 5.92 Å². The molecule has 1 aliphatic rings. The summed E-state index contributed by atoms with van der Waals surface area (Å²) in [5.41, 5.74) is 1.04. The van der Waals surface area contributed by atoms with Crippen LogP contribution in [0.1, 0.15) is 67.5 Å². The standard InChI is InChI=1S/C28H36N8O5/c1-18(2)24-27(40)33-21(14-19-8-4-3-5-9-19)28-34-22(15-41-28)25(38)30-12-7-6-10-20(26(39)35-24)32-23(37)11-13-36-17-29-16-31-36/h3-5,8-9,15-18,20-21,24H,6-7,10-14H2,1-2H3,(H,30,38)(H,32,37)(H,33,40)(H,35,39)/t20-,21+,24-/m0/s1. The SMILES string of the molecule is CC(C)[C@@H]1NC(=O)[C@@H](NC(=O)CCn2cncn2)CCCCNC(=O)c2coc(n2)[C@@H](Cc2ccccc2)NC1=O. The molecule has 4 rings (SSSR count). The number of fused-ring (bicyclic) bond motifs is 2. The van der Waals surface area contributed by atoms with Crippen LogP contribution in [0.15, 0.2) is 53.7 Å². The maximum Gasteiger partial charge on any atom is 0.273 e. The van der Waals surface area contributed by atoms with E-state index in [9.17, 15) is 19.2 Å². The van der Waals surface area contributed by atoms with Crippen LogP contribution in [0.4, 0.5) is 0 Å². The zero-order valence-corrected chi connectivity index (χ0v) is 23.2. The molecule has 13 heteroatoms. The second kappa shape index (κ2) is 14.2. The summed E-state index contributed by atoms with van der Waals surface area (Å²) >= 11 is 0. The number of hydrogen-bond donors (Lipinski definition) is 4. The average molecular weight is 565 g/mol. The van der Waals surface area contributed by atoms with Crippen molar-refractivity contribution in [2.24, 2.45) is 5.92 Å². The van der Waals surface area contributed by atoms with Gasteiger partial charge in [0.05, 0.1) is 6.54 Å². The summed E-state index contributed by atoms with van der Waals surface area (Å²) in [5.74, 6) is -1.68. The monoisotopic (exact) mass is 564 g/mol. The predicted octanol–water partition coefficient (Wildman–Crippen LogP) is 1.30. The van der Waals surface area contributed by atoms with Crippen molar-refractivity contribution in [2.75, 3.05) is 6.54 Å². The van der Waals surface area contributed by atoms with Crippen LogP contribution in [-0.2, 0) is 27.3 Å². The lowest BCUT2D eigenvalue weighted by Crippen LogP contribution is -2.56. The summed E-state index contributed by atoms with van der Waals surface area (Å²) in [6, 6.07) is 7.06. The highest BCUT2D eigenvalue weighted by atomic mass is 16.3. The molecule has 13 nitrogen and oxygen atoms in total. The molecule has 3 heterocycles. The minimum atomic E-state index is -0.888. The second-order valence-electron chi connectivity index (χ2n) is 10.3. The molecule has 1 aromatic carbocycles. The topological polar surface area (TPSA) is 173 Å². The Morgan fingerprint density at radius 3 is 2.66 bits per heavy atom. The van der Waals surface area contributed by atoms with E-state index in [0.717, 1.165) is 5.56 Å². The van der Waals surface area contributed by atoms with Gasteiger partial charge < -0.3 is 25.7 Å². The predicted molar refractivity (Wildman–Crippen MR) is 147 cm³/mol. The van der Waals surface area contributed by atoms with Gasteiger partial charge in [-0.1, -0.05) is 44.2 Å². The molecule has 0 saturated carbocycles. The summed E-state index contributed by atoms with van der Waals surface area (Å²) in [6.45, 7) is 4.32. The number of nitrogens with zero attached hydrogens (tertiary/aromatic N) is 4. The number of hydrogen-bond acceptors (Lipinski definition) is 8. The van der Waals surface area contributed by atoms with E-state index in [2.05, 4.69) is 36.3 Å². The molecule has 0 radical (unpaired) electrons. The van der Waals surface area contributed by atoms with Crippen molar-refractivity contribution in [2.45, 2.75) is 70.6 Å². The molecule has 0 unspecified atom stereocenters. The van der Waals surface area contributed by atoms with Crippen LogP contribution >= 0.6 is 0 Å². The molecule has 1 aliphatic heterocycles. The van der Waals surface area contributed by atoms with E-state index in [1.807, 2.05) is 44.2 Å². The Bertz CT molecular complexity index is 1310. The van der Waals surface area contributed by atoms with Crippen molar-refractivity contribution in [3.63, 3.8) is 0 Å². The molecular formula is C28H36N8O5. The Labute approximate surface area is 237 Å². The molecule has 4 amide bonds. The number of benzene rings is 1. The number of amides is 4. The molecular weight excluding hydrogens is 528 g/mol. The second-order valence-corrected chi connectivity index (χ2v) is 10.3. The Kier molecular flexibility index (Phi) is 10.2. The molecule has 2 aromatic heterocycles. The highest BCUT2D eigenvalue weighted by Crippen LogP contribution is 2.20. The van der Waals surface area contributed by atoms with E-state index < -0.39 is 35.8 Å². The van der Waals surface area contributed by atoms with Gasteiger partial charge in [-0.3, -0.25) is 23.9 Å². The maximum absolute atomic E-state index is 13.6. The van der Waals surface area contributed by atoms with Gasteiger partial charge in [-0.05, 0) is 30.7 Å². The first-order valence-electron chi connectivity index (χ1n) is 13.8. The average Bonchev–Trinajstić information content (AvgIpc) is 3.66. The Hall–Kier alpha value is -4.55. The maximum atomic E-state index is 13.6. The number of carbonyl (C=O) groups excluding carboxylic acids is 4. The van der Waals surface area contributed by atoms with Crippen LogP contribution in [0.3, 0.4) is 0 Å². The van der Waals surface area contributed by atoms with Crippen LogP contribution in [0.2, 0.25) is 0 Å². The molecule has 2 bridgehead atoms. The molecule has 0 spiro atoms. The van der Waals surface area contributed by atoms with Gasteiger partial charge in [0.1, 0.15) is 37.0 Å². The Morgan fingerprint density at radius 1 is 1.12 bits per heavy atom. The molecule has 3 atom stereocenters. The number of carbonyl (C=O) groups is 4. The zero-order valence-electron chi connectivity index (χ0n) is 23.2. The molecule has 218 valence electrons. The molecule has 0 fully saturated rings. The van der Waals surface area contributed by atoms with E-state index >= 15 is 0 Å². The fourth-order valence-electron chi connectivity index (χ4n) is 4.52. The number of rotatable bonds is 7. The van der Waals surface area contributed by atoms with Crippen LogP contribution in [0.5, 0.6) is 0 Å². The first kappa shape index (κ1) is 29.4. The van der Waals surface area contributed by atoms with Gasteiger partial charge in [0.25, 0.3) is 5.91 Å². The summed E-state index contributed by atoms with van der Waals surface area (Å²) < 4.78 is 7.17. The van der Waals surface area contributed by atoms with Crippen molar-refractivity contribution in [3.05, 3.63) is 66.4 Å². The molecule has 0 saturated heterocycles. The van der Waals surface area contributed by atoms with E-state index in [-0.39, 0.29) is 29.8 Å². The van der Waals surface area contributed by atoms with Crippen LogP contribution < -0.4 is 21.3 Å². The summed E-state index contributed by atoms with van der Waals surface area (Å²) in [4.78, 5) is 60.6. The van der Waals surface area contributed by atoms with E-state index in [4.69, 9.17) is 4.42 Å². The zero-order chi connectivity index (χ0) is 29.2. The number of aryl methyl sites for hydroxylation is 1. The lowest BCUT2D eigenvalue weighted by atomic mass is 10.00. The van der Waals surface area contributed by atoms with E-state index in [0.29, 0.717) is 38.8 Å². The third-order valence-electron chi connectivity index (χ3n) is 6.79. The van der Waals surface area contributed by atoms with E-state index in [1.165, 1.54) is 23.6 Å². The smallest absolute Gasteiger partial charge is 0.273 e. The van der Waals surface area contributed by atoms with Crippen molar-refractivity contribution in [3.8, 4) is 0 Å². The first-order valence-corrected chi connectivity index (χ1v) is 13.8. The Balaban J connectivity index is 1.54. The largest absolute Gasteiger partial charge is 0.446 e. The van der Waals surface area contributed by atoms with Crippen molar-refractivity contribution in [1.29, 1.82) is 0 Å². The number of nitrogens with one attached hydrogen (secondary N) is 4. The quantitative estimate of drug-likeness (QED) is 0.332. The van der Waals surface area contributed by atoms with Crippen molar-refractivity contribution >= 4 is 23.6 Å². The van der Waals surface area contributed by atoms with Gasteiger partial charge in [-0.25, -0.2) is 9.97 Å². The van der Waals surface area contributed by atoms with Gasteiger partial charge in [0, 0.05) is 19.4 Å². The first-order chi connectivity index (χ1) is 19.8. The van der Waals surface area contributed by atoms with Crippen molar-refractivity contribution < 1.29 is 23.6 Å². The normalized spacial score (nSPS) is 20.7. The van der Waals surface area contributed by atoms with Gasteiger partial charge >= 0.3 is 0 Å². The fraction of sp³-hybridized carbons (Fsp3) is 0.464. The lowest BCUT2D eigenvalue weighted by molar-refractivity contribution is -0.133. The summed E-state index contributed by atoms with van der Waals surface area (Å²) in [7, 11) is 0. The fourth-order valence-corrected chi connectivity index (χ4v) is 4.52. The lowest BCUT2D eigenvalue weighted by Gasteiger charge is -2.27. The summed E-state index contributed by atoms with van der Waals surface area (Å²) in [5, 5.41) is 15.4. The highest BCUT2D eigenvalue weighted by molar-refractivity contribution is 5.93. The molecule has 3 aromatic rings. The molecule has 0 aliphatic carbocycles. The van der Waals surface area contributed by atoms with Gasteiger partial charge in [-0.15, -0.1) is 0 Å². The minimum Gasteiger partial charge on any atom is -0.446 e. The third-order valence-corrected chi connectivity index (χ3v) is 6.79. The van der Waals surface area contributed by atoms with Crippen LogP contribution in [0.25, 0.3) is 0 Å². The summed E-state index contributed by atoms with van der Waals surface area (Å²) in [6.07, 6.45) is 6.08. The van der Waals surface area contributed by atoms with Crippen molar-refractivity contribution in [1.82, 2.24) is 41.0 Å². The number of oxazole rings is 1. The minimum absolute atomic E-state index is 0.107. The highest BCUT2D eigenvalue weighted by Gasteiger charge is 2.31. The van der Waals surface area contributed by atoms with Crippen LogP contribution in [-0.4, -0.2) is 62.0 Å². The Morgan fingerprint density at radius 2 is 1.93 bits per heavy atom. The van der Waals surface area contributed by atoms with Gasteiger partial charge in [0.2, 0.25) is 23.6 Å². The third kappa shape index (κ3) is 8.47. The van der Waals surface area contributed by atoms with Gasteiger partial charge in [-0.2, -0.15) is 5.10 Å². The van der Waals surface area contributed by atoms with Gasteiger partial charge in [0.15, 0.2) is 5.69 Å². The number of aromatic nitrogens is 4. The van der Waals surface area contributed by atoms with E-state index in [1.54, 1.807) is 0 Å². The molecule has 4 N–H and O–H groups in total. The molecule has 41 heavy (non-hydrogen) atoms.